The van der Waals surface area contributed by atoms with Crippen LogP contribution in [0.15, 0.2) is 22.7 Å². The zero-order valence-electron chi connectivity index (χ0n) is 11.6. The van der Waals surface area contributed by atoms with Gasteiger partial charge in [-0.05, 0) is 25.1 Å². The largest absolute Gasteiger partial charge is 0.490 e. The molecule has 20 heavy (non-hydrogen) atoms. The maximum Gasteiger partial charge on any atom is 0.163 e. The molecule has 1 atom stereocenters. The molecule has 0 spiro atoms. The lowest BCUT2D eigenvalue weighted by Gasteiger charge is -2.14. The quantitative estimate of drug-likeness (QED) is 0.547. The molecule has 0 bridgehead atoms. The molecule has 0 fully saturated rings. The van der Waals surface area contributed by atoms with Crippen LogP contribution in [0.3, 0.4) is 0 Å². The number of halogens is 1. The third-order valence-electron chi connectivity index (χ3n) is 2.49. The van der Waals surface area contributed by atoms with Gasteiger partial charge in [-0.25, -0.2) is 0 Å². The van der Waals surface area contributed by atoms with Crippen molar-refractivity contribution >= 4 is 21.7 Å². The van der Waals surface area contributed by atoms with Gasteiger partial charge in [0.05, 0.1) is 25.4 Å². The first kappa shape index (κ1) is 17.1. The van der Waals surface area contributed by atoms with Crippen molar-refractivity contribution in [3.8, 4) is 5.75 Å². The summed E-state index contributed by atoms with van der Waals surface area (Å²) in [7, 11) is 1.58. The van der Waals surface area contributed by atoms with Crippen molar-refractivity contribution in [1.29, 1.82) is 0 Å². The second-order valence-electron chi connectivity index (χ2n) is 4.23. The molecule has 0 saturated heterocycles. The van der Waals surface area contributed by atoms with Gasteiger partial charge < -0.3 is 19.3 Å². The summed E-state index contributed by atoms with van der Waals surface area (Å²) in [5.41, 5.74) is 0.479. The number of ether oxygens (including phenoxy) is 3. The van der Waals surface area contributed by atoms with Crippen LogP contribution in [0.1, 0.15) is 17.3 Å². The van der Waals surface area contributed by atoms with Gasteiger partial charge in [0.25, 0.3) is 0 Å². The van der Waals surface area contributed by atoms with Gasteiger partial charge >= 0.3 is 0 Å². The van der Waals surface area contributed by atoms with Crippen LogP contribution in [0.2, 0.25) is 0 Å². The van der Waals surface area contributed by atoms with Crippen LogP contribution in [0.25, 0.3) is 0 Å². The predicted octanol–water partition coefficient (Wildman–Crippen LogP) is 2.05. The summed E-state index contributed by atoms with van der Waals surface area (Å²) < 4.78 is 16.3. The first-order chi connectivity index (χ1) is 9.54. The van der Waals surface area contributed by atoms with Crippen LogP contribution in [0, 0.1) is 0 Å². The van der Waals surface area contributed by atoms with Gasteiger partial charge in [-0.1, -0.05) is 15.9 Å². The highest BCUT2D eigenvalue weighted by Gasteiger charge is 2.11. The van der Waals surface area contributed by atoms with E-state index >= 15 is 0 Å². The molecule has 0 saturated carbocycles. The van der Waals surface area contributed by atoms with Gasteiger partial charge in [-0.15, -0.1) is 0 Å². The Labute approximate surface area is 127 Å². The van der Waals surface area contributed by atoms with E-state index in [1.807, 2.05) is 0 Å². The highest BCUT2D eigenvalue weighted by Crippen LogP contribution is 2.23. The maximum absolute atomic E-state index is 11.5. The second-order valence-corrected chi connectivity index (χ2v) is 5.14. The van der Waals surface area contributed by atoms with E-state index in [-0.39, 0.29) is 19.0 Å². The Bertz CT molecular complexity index is 436. The average molecular weight is 347 g/mol. The Morgan fingerprint density at radius 1 is 1.35 bits per heavy atom. The smallest absolute Gasteiger partial charge is 0.163 e. The zero-order valence-corrected chi connectivity index (χ0v) is 13.2. The normalized spacial score (nSPS) is 12.2. The third-order valence-corrected chi connectivity index (χ3v) is 2.99. The molecule has 1 N–H and O–H groups in total. The van der Waals surface area contributed by atoms with E-state index in [9.17, 15) is 9.90 Å². The van der Waals surface area contributed by atoms with Crippen LogP contribution in [-0.2, 0) is 9.47 Å². The first-order valence-electron chi connectivity index (χ1n) is 6.22. The summed E-state index contributed by atoms with van der Waals surface area (Å²) in [5.74, 6) is 0.365. The molecule has 0 amide bonds. The zero-order chi connectivity index (χ0) is 15.0. The number of benzene rings is 1. The molecule has 0 radical (unpaired) electrons. The number of carbonyl (C=O) groups excluding carboxylic acids is 1. The lowest BCUT2D eigenvalue weighted by atomic mass is 10.1. The number of carbonyl (C=O) groups is 1. The Kier molecular flexibility index (Phi) is 7.76. The molecular weight excluding hydrogens is 328 g/mol. The van der Waals surface area contributed by atoms with Gasteiger partial charge in [0.2, 0.25) is 0 Å². The van der Waals surface area contributed by atoms with E-state index in [0.29, 0.717) is 24.5 Å². The van der Waals surface area contributed by atoms with Crippen molar-refractivity contribution in [3.05, 3.63) is 28.2 Å². The molecule has 0 aliphatic rings. The van der Waals surface area contributed by atoms with E-state index in [2.05, 4.69) is 15.9 Å². The van der Waals surface area contributed by atoms with E-state index < -0.39 is 6.10 Å². The molecule has 0 heterocycles. The van der Waals surface area contributed by atoms with Gasteiger partial charge in [0.1, 0.15) is 18.5 Å². The minimum absolute atomic E-state index is 0.0644. The molecular formula is C14H19BrO5. The Balaban J connectivity index is 2.46. The monoisotopic (exact) mass is 346 g/mol. The first-order valence-corrected chi connectivity index (χ1v) is 7.02. The van der Waals surface area contributed by atoms with Gasteiger partial charge in [-0.2, -0.15) is 0 Å². The van der Waals surface area contributed by atoms with Crippen molar-refractivity contribution < 1.29 is 24.1 Å². The van der Waals surface area contributed by atoms with Crippen LogP contribution in [-0.4, -0.2) is 50.5 Å². The van der Waals surface area contributed by atoms with E-state index in [4.69, 9.17) is 14.2 Å². The molecule has 112 valence electrons. The van der Waals surface area contributed by atoms with E-state index in [0.717, 1.165) is 4.47 Å². The van der Waals surface area contributed by atoms with Gasteiger partial charge in [-0.3, -0.25) is 4.79 Å². The van der Waals surface area contributed by atoms with E-state index in [1.165, 1.54) is 6.92 Å². The maximum atomic E-state index is 11.5. The van der Waals surface area contributed by atoms with Crippen LogP contribution in [0.5, 0.6) is 5.75 Å². The van der Waals surface area contributed by atoms with Crippen LogP contribution >= 0.6 is 15.9 Å². The summed E-state index contributed by atoms with van der Waals surface area (Å²) >= 11 is 3.30. The lowest BCUT2D eigenvalue weighted by molar-refractivity contribution is -0.00429. The van der Waals surface area contributed by atoms with Gasteiger partial charge in [0, 0.05) is 11.6 Å². The number of hydrogen-bond acceptors (Lipinski definition) is 5. The Morgan fingerprint density at radius 3 is 2.75 bits per heavy atom. The number of methoxy groups -OCH3 is 1. The van der Waals surface area contributed by atoms with Crippen molar-refractivity contribution in [2.45, 2.75) is 13.0 Å². The predicted molar refractivity (Wildman–Crippen MR) is 78.3 cm³/mol. The summed E-state index contributed by atoms with van der Waals surface area (Å²) in [4.78, 5) is 11.5. The fraction of sp³-hybridized carbons (Fsp3) is 0.500. The summed E-state index contributed by atoms with van der Waals surface area (Å²) in [6.07, 6.45) is -0.754. The fourth-order valence-corrected chi connectivity index (χ4v) is 1.86. The van der Waals surface area contributed by atoms with Gasteiger partial charge in [0.15, 0.2) is 5.78 Å². The van der Waals surface area contributed by atoms with E-state index in [1.54, 1.807) is 25.3 Å². The molecule has 0 aliphatic carbocycles. The Hall–Kier alpha value is -0.950. The summed E-state index contributed by atoms with van der Waals surface area (Å²) in [5, 5.41) is 9.71. The fourth-order valence-electron chi connectivity index (χ4n) is 1.50. The highest BCUT2D eigenvalue weighted by atomic mass is 79.9. The molecule has 6 heteroatoms. The minimum Gasteiger partial charge on any atom is -0.490 e. The van der Waals surface area contributed by atoms with Crippen molar-refractivity contribution in [3.63, 3.8) is 0 Å². The molecule has 0 aromatic heterocycles. The second kappa shape index (κ2) is 9.07. The highest BCUT2D eigenvalue weighted by molar-refractivity contribution is 9.10. The SMILES string of the molecule is COCCOCC(O)COc1ccc(Br)cc1C(C)=O. The van der Waals surface area contributed by atoms with Crippen LogP contribution in [0.4, 0.5) is 0 Å². The standard InChI is InChI=1S/C14H19BrO5/c1-10(16)13-7-11(15)3-4-14(13)20-9-12(17)8-19-6-5-18-2/h3-4,7,12,17H,5-6,8-9H2,1-2H3. The van der Waals surface area contributed by atoms with Crippen molar-refractivity contribution in [2.75, 3.05) is 33.5 Å². The Morgan fingerprint density at radius 2 is 2.10 bits per heavy atom. The third kappa shape index (κ3) is 6.00. The number of rotatable bonds is 9. The minimum atomic E-state index is -0.754. The molecule has 0 aliphatic heterocycles. The average Bonchev–Trinajstić information content (AvgIpc) is 2.42. The van der Waals surface area contributed by atoms with Crippen molar-refractivity contribution in [1.82, 2.24) is 0 Å². The molecule has 1 aromatic carbocycles. The number of hydrogen-bond donors (Lipinski definition) is 1. The molecule has 5 nitrogen and oxygen atoms in total. The number of aliphatic hydroxyl groups excluding tert-OH is 1. The number of Topliss-reactive ketones (excluding diaryl/α,β-unsaturated/α-hetero) is 1. The number of aliphatic hydroxyl groups is 1. The molecule has 1 rings (SSSR count). The molecule has 1 unspecified atom stereocenters. The topological polar surface area (TPSA) is 65.0 Å². The number of ketones is 1. The van der Waals surface area contributed by atoms with Crippen LogP contribution < -0.4 is 4.74 Å². The molecule has 1 aromatic rings. The van der Waals surface area contributed by atoms with Crippen molar-refractivity contribution in [2.24, 2.45) is 0 Å². The summed E-state index contributed by atoms with van der Waals surface area (Å²) in [6, 6.07) is 5.17. The lowest BCUT2D eigenvalue weighted by Crippen LogP contribution is -2.24. The summed E-state index contributed by atoms with van der Waals surface area (Å²) in [6.45, 7) is 2.60.